The molecular weight excluding hydrogens is 256 g/mol. The number of hydrogen-bond donors (Lipinski definition) is 1. The first-order valence-corrected chi connectivity index (χ1v) is 7.36. The minimum atomic E-state index is 0.756. The second-order valence-electron chi connectivity index (χ2n) is 4.92. The monoisotopic (exact) mass is 276 g/mol. The van der Waals surface area contributed by atoms with Gasteiger partial charge in [-0.05, 0) is 36.2 Å². The van der Waals surface area contributed by atoms with Crippen molar-refractivity contribution in [3.63, 3.8) is 0 Å². The Hall–Kier alpha value is -1.12. The molecule has 0 amide bonds. The number of fused-ring (bicyclic) bond motifs is 1. The average molecular weight is 277 g/mol. The number of nitrogens with zero attached hydrogens (tertiary/aromatic N) is 1. The number of pyridine rings is 1. The van der Waals surface area contributed by atoms with Crippen LogP contribution in [0.4, 0.5) is 0 Å². The summed E-state index contributed by atoms with van der Waals surface area (Å²) in [5.74, 6) is 0.756. The van der Waals surface area contributed by atoms with Crippen molar-refractivity contribution in [1.82, 2.24) is 10.3 Å². The van der Waals surface area contributed by atoms with E-state index in [9.17, 15) is 0 Å². The van der Waals surface area contributed by atoms with Crippen LogP contribution in [0.1, 0.15) is 32.3 Å². The van der Waals surface area contributed by atoms with Crippen LogP contribution in [0.25, 0.3) is 10.9 Å². The largest absolute Gasteiger partial charge is 0.312 e. The Morgan fingerprint density at radius 3 is 2.74 bits per heavy atom. The van der Waals surface area contributed by atoms with Crippen molar-refractivity contribution in [1.29, 1.82) is 0 Å². The third-order valence-corrected chi connectivity index (χ3v) is 4.03. The quantitative estimate of drug-likeness (QED) is 0.845. The van der Waals surface area contributed by atoms with E-state index in [2.05, 4.69) is 30.2 Å². The fourth-order valence-electron chi connectivity index (χ4n) is 2.33. The molecule has 3 heteroatoms. The molecule has 2 nitrogen and oxygen atoms in total. The Bertz CT molecular complexity index is 535. The van der Waals surface area contributed by atoms with E-state index in [0.29, 0.717) is 0 Å². The first-order valence-electron chi connectivity index (χ1n) is 6.99. The molecule has 0 aliphatic heterocycles. The summed E-state index contributed by atoms with van der Waals surface area (Å²) in [6.07, 6.45) is 4.27. The van der Waals surface area contributed by atoms with Gasteiger partial charge in [-0.1, -0.05) is 44.4 Å². The summed E-state index contributed by atoms with van der Waals surface area (Å²) in [5, 5.41) is 5.34. The molecule has 1 heterocycles. The molecule has 0 unspecified atom stereocenters. The maximum Gasteiger partial charge on any atom is 0.0761 e. The standard InChI is InChI=1S/C16H21ClN2/c1-3-12(4-2)10-18-11-13-7-8-15(17)14-6-5-9-19-16(13)14/h5-9,12,18H,3-4,10-11H2,1-2H3. The SMILES string of the molecule is CCC(CC)CNCc1ccc(Cl)c2cccnc12. The lowest BCUT2D eigenvalue weighted by atomic mass is 10.0. The Balaban J connectivity index is 2.11. The summed E-state index contributed by atoms with van der Waals surface area (Å²) in [5.41, 5.74) is 2.22. The summed E-state index contributed by atoms with van der Waals surface area (Å²) in [6, 6.07) is 7.97. The lowest BCUT2D eigenvalue weighted by Gasteiger charge is -2.14. The van der Waals surface area contributed by atoms with Crippen molar-refractivity contribution in [2.75, 3.05) is 6.54 Å². The van der Waals surface area contributed by atoms with Gasteiger partial charge in [0.2, 0.25) is 0 Å². The summed E-state index contributed by atoms with van der Waals surface area (Å²) in [7, 11) is 0. The van der Waals surface area contributed by atoms with Gasteiger partial charge in [0.1, 0.15) is 0 Å². The highest BCUT2D eigenvalue weighted by Gasteiger charge is 2.07. The molecule has 1 aromatic heterocycles. The molecule has 1 N–H and O–H groups in total. The molecule has 0 saturated heterocycles. The maximum atomic E-state index is 6.20. The molecule has 0 radical (unpaired) electrons. The van der Waals surface area contributed by atoms with Gasteiger partial charge >= 0.3 is 0 Å². The van der Waals surface area contributed by atoms with Crippen LogP contribution in [-0.4, -0.2) is 11.5 Å². The molecule has 0 spiro atoms. The second kappa shape index (κ2) is 6.88. The van der Waals surface area contributed by atoms with Crippen LogP contribution in [0.2, 0.25) is 5.02 Å². The fraction of sp³-hybridized carbons (Fsp3) is 0.438. The van der Waals surface area contributed by atoms with Gasteiger partial charge in [0.15, 0.2) is 0 Å². The van der Waals surface area contributed by atoms with Gasteiger partial charge < -0.3 is 5.32 Å². The summed E-state index contributed by atoms with van der Waals surface area (Å²) >= 11 is 6.20. The van der Waals surface area contributed by atoms with Crippen molar-refractivity contribution >= 4 is 22.5 Å². The van der Waals surface area contributed by atoms with Crippen LogP contribution in [0.15, 0.2) is 30.5 Å². The lowest BCUT2D eigenvalue weighted by molar-refractivity contribution is 0.450. The third kappa shape index (κ3) is 3.46. The zero-order valence-electron chi connectivity index (χ0n) is 11.6. The van der Waals surface area contributed by atoms with Gasteiger partial charge in [-0.25, -0.2) is 0 Å². The average Bonchev–Trinajstić information content (AvgIpc) is 2.46. The van der Waals surface area contributed by atoms with E-state index in [0.717, 1.165) is 34.9 Å². The van der Waals surface area contributed by atoms with Crippen molar-refractivity contribution in [2.24, 2.45) is 5.92 Å². The molecule has 2 aromatic rings. The van der Waals surface area contributed by atoms with E-state index in [1.165, 1.54) is 18.4 Å². The Morgan fingerprint density at radius 1 is 1.21 bits per heavy atom. The Morgan fingerprint density at radius 2 is 2.00 bits per heavy atom. The van der Waals surface area contributed by atoms with Crippen LogP contribution in [0.5, 0.6) is 0 Å². The minimum absolute atomic E-state index is 0.756. The summed E-state index contributed by atoms with van der Waals surface area (Å²) < 4.78 is 0. The van der Waals surface area contributed by atoms with Gasteiger partial charge in [-0.2, -0.15) is 0 Å². The predicted octanol–water partition coefficient (Wildman–Crippen LogP) is 4.41. The van der Waals surface area contributed by atoms with Crippen molar-refractivity contribution in [3.8, 4) is 0 Å². The predicted molar refractivity (Wildman–Crippen MR) is 82.5 cm³/mol. The van der Waals surface area contributed by atoms with E-state index in [1.807, 2.05) is 24.4 Å². The molecule has 0 saturated carbocycles. The number of rotatable bonds is 6. The highest BCUT2D eigenvalue weighted by atomic mass is 35.5. The van der Waals surface area contributed by atoms with Gasteiger partial charge in [0, 0.05) is 23.2 Å². The smallest absolute Gasteiger partial charge is 0.0761 e. The Labute approximate surface area is 120 Å². The summed E-state index contributed by atoms with van der Waals surface area (Å²) in [6.45, 7) is 6.40. The van der Waals surface area contributed by atoms with Crippen LogP contribution in [0, 0.1) is 5.92 Å². The molecule has 0 fully saturated rings. The molecule has 2 rings (SSSR count). The van der Waals surface area contributed by atoms with Crippen LogP contribution in [0.3, 0.4) is 0 Å². The van der Waals surface area contributed by atoms with Crippen molar-refractivity contribution in [2.45, 2.75) is 33.2 Å². The van der Waals surface area contributed by atoms with Crippen LogP contribution < -0.4 is 5.32 Å². The molecule has 0 aliphatic carbocycles. The first-order chi connectivity index (χ1) is 9.26. The molecular formula is C16H21ClN2. The molecule has 0 bridgehead atoms. The maximum absolute atomic E-state index is 6.20. The zero-order valence-corrected chi connectivity index (χ0v) is 12.4. The minimum Gasteiger partial charge on any atom is -0.312 e. The third-order valence-electron chi connectivity index (χ3n) is 3.70. The molecule has 0 aliphatic rings. The lowest BCUT2D eigenvalue weighted by Crippen LogP contribution is -2.21. The number of aromatic nitrogens is 1. The van der Waals surface area contributed by atoms with Gasteiger partial charge in [-0.15, -0.1) is 0 Å². The first kappa shape index (κ1) is 14.3. The molecule has 1 aromatic carbocycles. The summed E-state index contributed by atoms with van der Waals surface area (Å²) in [4.78, 5) is 4.46. The number of hydrogen-bond acceptors (Lipinski definition) is 2. The highest BCUT2D eigenvalue weighted by molar-refractivity contribution is 6.35. The van der Waals surface area contributed by atoms with E-state index in [1.54, 1.807) is 0 Å². The van der Waals surface area contributed by atoms with Gasteiger partial charge in [-0.3, -0.25) is 4.98 Å². The normalized spacial score (nSPS) is 11.4. The Kier molecular flexibility index (Phi) is 5.17. The van der Waals surface area contributed by atoms with Crippen LogP contribution >= 0.6 is 11.6 Å². The van der Waals surface area contributed by atoms with E-state index < -0.39 is 0 Å². The number of benzene rings is 1. The van der Waals surface area contributed by atoms with E-state index in [4.69, 9.17) is 11.6 Å². The fourth-order valence-corrected chi connectivity index (χ4v) is 2.54. The van der Waals surface area contributed by atoms with Crippen LogP contribution in [-0.2, 0) is 6.54 Å². The molecule has 102 valence electrons. The highest BCUT2D eigenvalue weighted by Crippen LogP contribution is 2.24. The van der Waals surface area contributed by atoms with E-state index in [-0.39, 0.29) is 0 Å². The van der Waals surface area contributed by atoms with Gasteiger partial charge in [0.05, 0.1) is 5.52 Å². The van der Waals surface area contributed by atoms with Crippen molar-refractivity contribution < 1.29 is 0 Å². The second-order valence-corrected chi connectivity index (χ2v) is 5.33. The van der Waals surface area contributed by atoms with Crippen molar-refractivity contribution in [3.05, 3.63) is 41.0 Å². The number of nitrogens with one attached hydrogen (secondary N) is 1. The zero-order chi connectivity index (χ0) is 13.7. The molecule has 0 atom stereocenters. The number of halogens is 1. The van der Waals surface area contributed by atoms with E-state index >= 15 is 0 Å². The molecule has 19 heavy (non-hydrogen) atoms. The topological polar surface area (TPSA) is 24.9 Å². The van der Waals surface area contributed by atoms with Gasteiger partial charge in [0.25, 0.3) is 0 Å².